The van der Waals surface area contributed by atoms with Crippen LogP contribution in [0.4, 0.5) is 0 Å². The van der Waals surface area contributed by atoms with Gasteiger partial charge in [0.2, 0.25) is 11.6 Å². The molecule has 1 aliphatic rings. The van der Waals surface area contributed by atoms with Crippen LogP contribution in [0.1, 0.15) is 20.3 Å². The number of hydrogen-bond donors (Lipinski definition) is 1. The van der Waals surface area contributed by atoms with Gasteiger partial charge in [0.25, 0.3) is 0 Å². The second-order valence-electron chi connectivity index (χ2n) is 3.53. The third kappa shape index (κ3) is 2.28. The van der Waals surface area contributed by atoms with Crippen molar-refractivity contribution in [1.82, 2.24) is 0 Å². The molecule has 1 aliphatic carbocycles. The molecule has 0 saturated carbocycles. The lowest BCUT2D eigenvalue weighted by atomic mass is 9.95. The molecule has 0 aromatic heterocycles. The van der Waals surface area contributed by atoms with Gasteiger partial charge in [-0.15, -0.1) is 0 Å². The van der Waals surface area contributed by atoms with Crippen LogP contribution < -0.4 is 0 Å². The van der Waals surface area contributed by atoms with E-state index in [2.05, 4.69) is 0 Å². The number of carbonyl (C=O) groups is 2. The normalized spacial score (nSPS) is 17.5. The molecule has 0 aliphatic heterocycles. The standard InChI is InChI=1S/C10H12O3/c1-6(2)3-7-4-9(12)10(13)5-8(7)11/h4-6,11H,3H2,1-2H3. The van der Waals surface area contributed by atoms with E-state index in [1.54, 1.807) is 0 Å². The van der Waals surface area contributed by atoms with Crippen LogP contribution in [0.25, 0.3) is 0 Å². The highest BCUT2D eigenvalue weighted by Gasteiger charge is 2.19. The first-order chi connectivity index (χ1) is 6.00. The number of aliphatic hydroxyl groups is 1. The van der Waals surface area contributed by atoms with Crippen LogP contribution in [0, 0.1) is 5.92 Å². The first-order valence-electron chi connectivity index (χ1n) is 4.20. The van der Waals surface area contributed by atoms with E-state index in [0.717, 1.165) is 6.08 Å². The molecule has 0 bridgehead atoms. The molecular weight excluding hydrogens is 168 g/mol. The van der Waals surface area contributed by atoms with Gasteiger partial charge in [-0.25, -0.2) is 0 Å². The van der Waals surface area contributed by atoms with Gasteiger partial charge in [0.15, 0.2) is 0 Å². The van der Waals surface area contributed by atoms with Crippen LogP contribution in [0.5, 0.6) is 0 Å². The molecular formula is C10H12O3. The highest BCUT2D eigenvalue weighted by Crippen LogP contribution is 2.20. The van der Waals surface area contributed by atoms with E-state index in [4.69, 9.17) is 0 Å². The third-order valence-corrected chi connectivity index (χ3v) is 1.77. The SMILES string of the molecule is CC(C)CC1=CC(=O)C(=O)C=C1O. The number of carbonyl (C=O) groups excluding carboxylic acids is 2. The summed E-state index contributed by atoms with van der Waals surface area (Å²) in [6.45, 7) is 3.96. The van der Waals surface area contributed by atoms with Gasteiger partial charge < -0.3 is 5.11 Å². The number of allylic oxidation sites excluding steroid dienone is 3. The summed E-state index contributed by atoms with van der Waals surface area (Å²) in [5, 5.41) is 9.33. The van der Waals surface area contributed by atoms with Gasteiger partial charge in [-0.05, 0) is 24.0 Å². The van der Waals surface area contributed by atoms with Crippen molar-refractivity contribution in [3.8, 4) is 0 Å². The molecule has 1 N–H and O–H groups in total. The number of ketones is 2. The summed E-state index contributed by atoms with van der Waals surface area (Å²) in [5.74, 6) is -0.917. The Balaban J connectivity index is 2.86. The van der Waals surface area contributed by atoms with Crippen LogP contribution >= 0.6 is 0 Å². The second-order valence-corrected chi connectivity index (χ2v) is 3.53. The molecule has 1 rings (SSSR count). The minimum absolute atomic E-state index is 0.0710. The van der Waals surface area contributed by atoms with Gasteiger partial charge in [-0.3, -0.25) is 9.59 Å². The highest BCUT2D eigenvalue weighted by atomic mass is 16.3. The minimum Gasteiger partial charge on any atom is -0.508 e. The fourth-order valence-corrected chi connectivity index (χ4v) is 1.19. The number of hydrogen-bond acceptors (Lipinski definition) is 3. The lowest BCUT2D eigenvalue weighted by Gasteiger charge is -2.11. The van der Waals surface area contributed by atoms with Crippen LogP contribution in [0.3, 0.4) is 0 Å². The van der Waals surface area contributed by atoms with Gasteiger partial charge in [0.1, 0.15) is 5.76 Å². The average molecular weight is 180 g/mol. The Kier molecular flexibility index (Phi) is 2.66. The third-order valence-electron chi connectivity index (χ3n) is 1.77. The summed E-state index contributed by atoms with van der Waals surface area (Å²) >= 11 is 0. The molecule has 0 aromatic rings. The van der Waals surface area contributed by atoms with Gasteiger partial charge >= 0.3 is 0 Å². The van der Waals surface area contributed by atoms with Crippen molar-refractivity contribution >= 4 is 11.6 Å². The summed E-state index contributed by atoms with van der Waals surface area (Å²) in [5.41, 5.74) is 0.555. The van der Waals surface area contributed by atoms with Crippen LogP contribution in [0.15, 0.2) is 23.5 Å². The van der Waals surface area contributed by atoms with E-state index >= 15 is 0 Å². The van der Waals surface area contributed by atoms with E-state index in [9.17, 15) is 14.7 Å². The molecule has 13 heavy (non-hydrogen) atoms. The molecule has 3 heteroatoms. The van der Waals surface area contributed by atoms with Crippen LogP contribution in [-0.2, 0) is 9.59 Å². The predicted molar refractivity (Wildman–Crippen MR) is 48.3 cm³/mol. The summed E-state index contributed by atoms with van der Waals surface area (Å²) < 4.78 is 0. The maximum absolute atomic E-state index is 10.9. The summed E-state index contributed by atoms with van der Waals surface area (Å²) in [6, 6.07) is 0. The van der Waals surface area contributed by atoms with Gasteiger partial charge in [-0.1, -0.05) is 13.8 Å². The molecule has 0 unspecified atom stereocenters. The van der Waals surface area contributed by atoms with Crippen molar-refractivity contribution in [3.63, 3.8) is 0 Å². The Hall–Kier alpha value is -1.38. The molecule has 0 fully saturated rings. The maximum atomic E-state index is 10.9. The molecule has 0 heterocycles. The summed E-state index contributed by atoms with van der Waals surface area (Å²) in [7, 11) is 0. The van der Waals surface area contributed by atoms with E-state index in [1.807, 2.05) is 13.8 Å². The zero-order valence-electron chi connectivity index (χ0n) is 7.70. The van der Waals surface area contributed by atoms with Crippen molar-refractivity contribution in [2.45, 2.75) is 20.3 Å². The Morgan fingerprint density at radius 2 is 1.77 bits per heavy atom. The zero-order chi connectivity index (χ0) is 10.0. The fourth-order valence-electron chi connectivity index (χ4n) is 1.19. The van der Waals surface area contributed by atoms with Crippen LogP contribution in [0.2, 0.25) is 0 Å². The van der Waals surface area contributed by atoms with Crippen molar-refractivity contribution < 1.29 is 14.7 Å². The first kappa shape index (κ1) is 9.71. The number of rotatable bonds is 2. The molecule has 0 saturated heterocycles. The van der Waals surface area contributed by atoms with E-state index in [1.165, 1.54) is 6.08 Å². The monoisotopic (exact) mass is 180 g/mol. The van der Waals surface area contributed by atoms with E-state index in [0.29, 0.717) is 17.9 Å². The lowest BCUT2D eigenvalue weighted by molar-refractivity contribution is -0.131. The molecule has 0 radical (unpaired) electrons. The topological polar surface area (TPSA) is 54.4 Å². The smallest absolute Gasteiger partial charge is 0.229 e. The Bertz CT molecular complexity index is 308. The lowest BCUT2D eigenvalue weighted by Crippen LogP contribution is -2.15. The Morgan fingerprint density at radius 1 is 1.23 bits per heavy atom. The van der Waals surface area contributed by atoms with Crippen molar-refractivity contribution in [2.75, 3.05) is 0 Å². The fraction of sp³-hybridized carbons (Fsp3) is 0.400. The maximum Gasteiger partial charge on any atom is 0.229 e. The number of aliphatic hydroxyl groups excluding tert-OH is 1. The Morgan fingerprint density at radius 3 is 2.31 bits per heavy atom. The van der Waals surface area contributed by atoms with E-state index < -0.39 is 11.6 Å². The Labute approximate surface area is 76.8 Å². The summed E-state index contributed by atoms with van der Waals surface area (Å²) in [4.78, 5) is 21.8. The molecule has 3 nitrogen and oxygen atoms in total. The highest BCUT2D eigenvalue weighted by molar-refractivity contribution is 6.46. The molecule has 0 amide bonds. The van der Waals surface area contributed by atoms with Crippen molar-refractivity contribution in [1.29, 1.82) is 0 Å². The van der Waals surface area contributed by atoms with Crippen LogP contribution in [-0.4, -0.2) is 16.7 Å². The summed E-state index contributed by atoms with van der Waals surface area (Å²) in [6.07, 6.45) is 2.82. The predicted octanol–water partition coefficient (Wildman–Crippen LogP) is 1.55. The van der Waals surface area contributed by atoms with Crippen molar-refractivity contribution in [2.24, 2.45) is 5.92 Å². The van der Waals surface area contributed by atoms with Gasteiger partial charge in [0, 0.05) is 6.08 Å². The van der Waals surface area contributed by atoms with Gasteiger partial charge in [-0.2, -0.15) is 0 Å². The minimum atomic E-state index is -0.648. The molecule has 0 aromatic carbocycles. The van der Waals surface area contributed by atoms with Crippen molar-refractivity contribution in [3.05, 3.63) is 23.5 Å². The molecule has 0 spiro atoms. The first-order valence-corrected chi connectivity index (χ1v) is 4.20. The second kappa shape index (κ2) is 3.56. The quantitative estimate of drug-likeness (QED) is 0.518. The average Bonchev–Trinajstić information content (AvgIpc) is 1.99. The van der Waals surface area contributed by atoms with Gasteiger partial charge in [0.05, 0.1) is 0 Å². The molecule has 0 atom stereocenters. The molecule has 70 valence electrons. The zero-order valence-corrected chi connectivity index (χ0v) is 7.70. The van der Waals surface area contributed by atoms with E-state index in [-0.39, 0.29) is 5.76 Å². The largest absolute Gasteiger partial charge is 0.508 e.